The molecule has 1 saturated carbocycles. The molecule has 1 amide bonds. The number of benzene rings is 1. The molecule has 1 aromatic rings. The summed E-state index contributed by atoms with van der Waals surface area (Å²) in [5.41, 5.74) is 1.16. The molecule has 1 fully saturated rings. The Morgan fingerprint density at radius 3 is 2.41 bits per heavy atom. The Balaban J connectivity index is 2.04. The highest BCUT2D eigenvalue weighted by Crippen LogP contribution is 2.29. The highest BCUT2D eigenvalue weighted by atomic mass is 16.5. The highest BCUT2D eigenvalue weighted by Gasteiger charge is 2.35. The maximum absolute atomic E-state index is 12.8. The van der Waals surface area contributed by atoms with E-state index in [1.807, 2.05) is 37.9 Å². The van der Waals surface area contributed by atoms with Crippen molar-refractivity contribution in [2.75, 3.05) is 20.2 Å². The molecular formula is C18H28N2O2. The predicted octanol–water partition coefficient (Wildman–Crippen LogP) is 2.92. The van der Waals surface area contributed by atoms with Crippen LogP contribution in [0.5, 0.6) is 5.75 Å². The van der Waals surface area contributed by atoms with Crippen molar-refractivity contribution in [1.29, 1.82) is 0 Å². The van der Waals surface area contributed by atoms with Crippen molar-refractivity contribution in [1.82, 2.24) is 9.80 Å². The van der Waals surface area contributed by atoms with Gasteiger partial charge in [0.15, 0.2) is 0 Å². The van der Waals surface area contributed by atoms with E-state index < -0.39 is 0 Å². The Labute approximate surface area is 134 Å². The van der Waals surface area contributed by atoms with Crippen LogP contribution < -0.4 is 4.74 Å². The van der Waals surface area contributed by atoms with Crippen LogP contribution in [0.2, 0.25) is 0 Å². The topological polar surface area (TPSA) is 32.8 Å². The van der Waals surface area contributed by atoms with Crippen molar-refractivity contribution < 1.29 is 9.53 Å². The Hall–Kier alpha value is -1.55. The molecule has 0 radical (unpaired) electrons. The van der Waals surface area contributed by atoms with Gasteiger partial charge in [0.25, 0.3) is 0 Å². The predicted molar refractivity (Wildman–Crippen MR) is 88.9 cm³/mol. The van der Waals surface area contributed by atoms with Gasteiger partial charge in [-0.15, -0.1) is 0 Å². The average molecular weight is 304 g/mol. The number of nitrogens with zero attached hydrogens (tertiary/aromatic N) is 2. The Bertz CT molecular complexity index is 482. The number of hydrogen-bond acceptors (Lipinski definition) is 3. The van der Waals surface area contributed by atoms with Crippen LogP contribution in [-0.2, 0) is 11.3 Å². The summed E-state index contributed by atoms with van der Waals surface area (Å²) in [6.07, 6.45) is 2.26. The quantitative estimate of drug-likeness (QED) is 0.740. The van der Waals surface area contributed by atoms with Gasteiger partial charge in [-0.3, -0.25) is 9.69 Å². The summed E-state index contributed by atoms with van der Waals surface area (Å²) < 4.78 is 5.47. The molecule has 0 saturated heterocycles. The molecule has 4 heteroatoms. The van der Waals surface area contributed by atoms with Gasteiger partial charge in [0.2, 0.25) is 5.91 Å². The third-order valence-electron chi connectivity index (χ3n) is 4.38. The molecule has 0 aromatic heterocycles. The van der Waals surface area contributed by atoms with Crippen molar-refractivity contribution in [3.63, 3.8) is 0 Å². The van der Waals surface area contributed by atoms with Crippen LogP contribution in [0.1, 0.15) is 39.2 Å². The summed E-state index contributed by atoms with van der Waals surface area (Å²) >= 11 is 0. The lowest BCUT2D eigenvalue weighted by atomic mass is 10.1. The van der Waals surface area contributed by atoms with Gasteiger partial charge in [-0.1, -0.05) is 19.1 Å². The van der Waals surface area contributed by atoms with Crippen LogP contribution in [0, 0.1) is 0 Å². The zero-order valence-corrected chi connectivity index (χ0v) is 14.2. The van der Waals surface area contributed by atoms with Crippen LogP contribution in [0.3, 0.4) is 0 Å². The molecule has 1 aromatic carbocycles. The molecule has 1 atom stereocenters. The lowest BCUT2D eigenvalue weighted by Crippen LogP contribution is -2.46. The number of carbonyl (C=O) groups excluding carboxylic acids is 1. The van der Waals surface area contributed by atoms with E-state index in [2.05, 4.69) is 24.0 Å². The summed E-state index contributed by atoms with van der Waals surface area (Å²) in [6.45, 7) is 8.31. The summed E-state index contributed by atoms with van der Waals surface area (Å²) in [5, 5.41) is 0. The fraction of sp³-hybridized carbons (Fsp3) is 0.611. The maximum atomic E-state index is 12.8. The van der Waals surface area contributed by atoms with E-state index in [1.165, 1.54) is 0 Å². The molecule has 1 aliphatic rings. The molecular weight excluding hydrogens is 276 g/mol. The van der Waals surface area contributed by atoms with Crippen molar-refractivity contribution >= 4 is 5.91 Å². The Kier molecular flexibility index (Phi) is 5.83. The first-order chi connectivity index (χ1) is 10.6. The smallest absolute Gasteiger partial charge is 0.240 e. The van der Waals surface area contributed by atoms with Crippen LogP contribution >= 0.6 is 0 Å². The molecule has 122 valence electrons. The fourth-order valence-electron chi connectivity index (χ4n) is 2.53. The summed E-state index contributed by atoms with van der Waals surface area (Å²) in [5.74, 6) is 1.12. The summed E-state index contributed by atoms with van der Waals surface area (Å²) in [6, 6.07) is 8.44. The third kappa shape index (κ3) is 4.23. The first-order valence-corrected chi connectivity index (χ1v) is 8.29. The van der Waals surface area contributed by atoms with Crippen LogP contribution in [0.4, 0.5) is 0 Å². The van der Waals surface area contributed by atoms with Gasteiger partial charge in [0, 0.05) is 12.6 Å². The molecule has 0 aliphatic heterocycles. The average Bonchev–Trinajstić information content (AvgIpc) is 3.37. The molecule has 0 bridgehead atoms. The molecule has 0 N–H and O–H groups in total. The van der Waals surface area contributed by atoms with E-state index in [0.29, 0.717) is 19.2 Å². The largest absolute Gasteiger partial charge is 0.494 e. The SMILES string of the molecule is CCOc1ccc(CN(C(=O)C(C)N(C)CC)C2CC2)cc1. The fourth-order valence-corrected chi connectivity index (χ4v) is 2.53. The van der Waals surface area contributed by atoms with E-state index in [1.54, 1.807) is 0 Å². The van der Waals surface area contributed by atoms with E-state index in [4.69, 9.17) is 4.74 Å². The van der Waals surface area contributed by atoms with Gasteiger partial charge in [0.05, 0.1) is 12.6 Å². The standard InChI is InChI=1S/C18H28N2O2/c1-5-19(4)14(3)18(21)20(16-9-10-16)13-15-7-11-17(12-8-15)22-6-2/h7-8,11-12,14,16H,5-6,9-10,13H2,1-4H3. The van der Waals surface area contributed by atoms with Gasteiger partial charge in [0.1, 0.15) is 5.75 Å². The molecule has 4 nitrogen and oxygen atoms in total. The van der Waals surface area contributed by atoms with E-state index >= 15 is 0 Å². The Morgan fingerprint density at radius 1 is 1.27 bits per heavy atom. The highest BCUT2D eigenvalue weighted by molar-refractivity contribution is 5.82. The second-order valence-corrected chi connectivity index (χ2v) is 6.02. The number of carbonyl (C=O) groups is 1. The van der Waals surface area contributed by atoms with Crippen LogP contribution in [0.25, 0.3) is 0 Å². The number of rotatable bonds is 8. The van der Waals surface area contributed by atoms with Gasteiger partial charge < -0.3 is 9.64 Å². The maximum Gasteiger partial charge on any atom is 0.240 e. The third-order valence-corrected chi connectivity index (χ3v) is 4.38. The second kappa shape index (κ2) is 7.63. The van der Waals surface area contributed by atoms with Crippen molar-refractivity contribution in [2.24, 2.45) is 0 Å². The normalized spacial score (nSPS) is 15.7. The number of ether oxygens (including phenoxy) is 1. The van der Waals surface area contributed by atoms with Gasteiger partial charge in [-0.05, 0) is 58.0 Å². The van der Waals surface area contributed by atoms with Gasteiger partial charge >= 0.3 is 0 Å². The zero-order valence-electron chi connectivity index (χ0n) is 14.2. The number of hydrogen-bond donors (Lipinski definition) is 0. The van der Waals surface area contributed by atoms with E-state index in [9.17, 15) is 4.79 Å². The first-order valence-electron chi connectivity index (χ1n) is 8.29. The van der Waals surface area contributed by atoms with E-state index in [-0.39, 0.29) is 11.9 Å². The minimum Gasteiger partial charge on any atom is -0.494 e. The lowest BCUT2D eigenvalue weighted by Gasteiger charge is -2.30. The van der Waals surface area contributed by atoms with Gasteiger partial charge in [-0.2, -0.15) is 0 Å². The van der Waals surface area contributed by atoms with Crippen molar-refractivity contribution in [3.05, 3.63) is 29.8 Å². The number of likely N-dealkylation sites (N-methyl/N-ethyl adjacent to an activating group) is 1. The molecule has 1 aliphatic carbocycles. The van der Waals surface area contributed by atoms with Crippen LogP contribution in [-0.4, -0.2) is 48.0 Å². The van der Waals surface area contributed by atoms with Crippen molar-refractivity contribution in [2.45, 2.75) is 52.2 Å². The molecule has 0 spiro atoms. The number of amides is 1. The molecule has 22 heavy (non-hydrogen) atoms. The molecule has 1 unspecified atom stereocenters. The summed E-state index contributed by atoms with van der Waals surface area (Å²) in [7, 11) is 2.00. The van der Waals surface area contributed by atoms with Crippen molar-refractivity contribution in [3.8, 4) is 5.75 Å². The molecule has 2 rings (SSSR count). The van der Waals surface area contributed by atoms with Gasteiger partial charge in [-0.25, -0.2) is 0 Å². The lowest BCUT2D eigenvalue weighted by molar-refractivity contribution is -0.137. The zero-order chi connectivity index (χ0) is 16.1. The minimum absolute atomic E-state index is 0.0618. The van der Waals surface area contributed by atoms with Crippen LogP contribution in [0.15, 0.2) is 24.3 Å². The Morgan fingerprint density at radius 2 is 1.91 bits per heavy atom. The molecule has 0 heterocycles. The first kappa shape index (κ1) is 16.8. The second-order valence-electron chi connectivity index (χ2n) is 6.02. The van der Waals surface area contributed by atoms with E-state index in [0.717, 1.165) is 30.7 Å². The summed E-state index contributed by atoms with van der Waals surface area (Å²) in [4.78, 5) is 16.9. The monoisotopic (exact) mass is 304 g/mol. The minimum atomic E-state index is -0.0618.